The Kier molecular flexibility index (Phi) is 5.73. The van der Waals surface area contributed by atoms with Crippen LogP contribution in [0.15, 0.2) is 36.5 Å². The molecule has 2 aromatic heterocycles. The maximum Gasteiger partial charge on any atom is 0.331 e. The van der Waals surface area contributed by atoms with E-state index in [0.29, 0.717) is 22.0 Å². The molecule has 4 N–H and O–H groups in total. The summed E-state index contributed by atoms with van der Waals surface area (Å²) in [5.41, 5.74) is 2.08. The van der Waals surface area contributed by atoms with Crippen LogP contribution in [0.4, 0.5) is 21.9 Å². The monoisotopic (exact) mass is 453 g/mol. The van der Waals surface area contributed by atoms with Crippen molar-refractivity contribution in [2.75, 3.05) is 23.3 Å². The van der Waals surface area contributed by atoms with Gasteiger partial charge in [-0.2, -0.15) is 0 Å². The zero-order valence-electron chi connectivity index (χ0n) is 18.1. The van der Waals surface area contributed by atoms with Gasteiger partial charge < -0.3 is 20.5 Å². The quantitative estimate of drug-likeness (QED) is 0.420. The zero-order chi connectivity index (χ0) is 22.2. The van der Waals surface area contributed by atoms with Gasteiger partial charge in [0, 0.05) is 24.8 Å². The van der Waals surface area contributed by atoms with Crippen molar-refractivity contribution in [3.8, 4) is 5.75 Å². The molecule has 0 radical (unpaired) electrons. The van der Waals surface area contributed by atoms with Crippen molar-refractivity contribution in [3.05, 3.63) is 41.4 Å². The van der Waals surface area contributed by atoms with Crippen molar-refractivity contribution >= 4 is 44.6 Å². The summed E-state index contributed by atoms with van der Waals surface area (Å²) < 4.78 is 5.82. The Morgan fingerprint density at radius 3 is 3.00 bits per heavy atom. The van der Waals surface area contributed by atoms with Gasteiger partial charge in [-0.3, -0.25) is 10.2 Å². The number of hydrogen-bond donors (Lipinski definition) is 4. The third kappa shape index (κ3) is 3.93. The van der Waals surface area contributed by atoms with Crippen LogP contribution in [0.2, 0.25) is 0 Å². The van der Waals surface area contributed by atoms with Crippen LogP contribution in [-0.2, 0) is 0 Å². The lowest BCUT2D eigenvalue weighted by Crippen LogP contribution is -2.44. The average Bonchev–Trinajstić information content (AvgIpc) is 3.14. The molecule has 1 unspecified atom stereocenters. The van der Waals surface area contributed by atoms with E-state index in [4.69, 9.17) is 4.74 Å². The summed E-state index contributed by atoms with van der Waals surface area (Å²) in [6.07, 6.45) is 2.93. The molecule has 2 aliphatic rings. The maximum atomic E-state index is 13.2. The Morgan fingerprint density at radius 2 is 2.22 bits per heavy atom. The first-order valence-corrected chi connectivity index (χ1v) is 11.8. The second kappa shape index (κ2) is 8.67. The number of amides is 2. The Morgan fingerprint density at radius 1 is 1.34 bits per heavy atom. The summed E-state index contributed by atoms with van der Waals surface area (Å²) in [5.74, 6) is 0.702. The highest BCUT2D eigenvalue weighted by molar-refractivity contribution is 7.19. The Bertz CT molecular complexity index is 1140. The van der Waals surface area contributed by atoms with E-state index >= 15 is 0 Å². The summed E-state index contributed by atoms with van der Waals surface area (Å²) in [4.78, 5) is 20.8. The molecule has 1 saturated heterocycles. The number of rotatable bonds is 6. The molecule has 3 aromatic rings. The van der Waals surface area contributed by atoms with Crippen LogP contribution < -0.4 is 25.6 Å². The number of nitrogens with zero attached hydrogens (tertiary/aromatic N) is 2. The molecule has 5 rings (SSSR count). The number of carbonyl (C=O) groups is 1. The molecule has 1 aromatic carbocycles. The van der Waals surface area contributed by atoms with E-state index in [2.05, 4.69) is 20.9 Å². The summed E-state index contributed by atoms with van der Waals surface area (Å²) in [6.45, 7) is 5.75. The van der Waals surface area contributed by atoms with Crippen molar-refractivity contribution in [2.45, 2.75) is 45.1 Å². The topological polar surface area (TPSA) is 98.8 Å². The smallest absolute Gasteiger partial charge is 0.331 e. The summed E-state index contributed by atoms with van der Waals surface area (Å²) in [6, 6.07) is 9.23. The Labute approximate surface area is 190 Å². The fourth-order valence-electron chi connectivity index (χ4n) is 4.32. The number of aliphatic hydroxyl groups is 1. The van der Waals surface area contributed by atoms with Crippen LogP contribution in [-0.4, -0.2) is 41.4 Å². The van der Waals surface area contributed by atoms with Crippen molar-refractivity contribution < 1.29 is 14.6 Å². The molecule has 0 aliphatic carbocycles. The van der Waals surface area contributed by atoms with E-state index in [1.807, 2.05) is 44.2 Å². The van der Waals surface area contributed by atoms with Crippen molar-refractivity contribution in [2.24, 2.45) is 0 Å². The minimum absolute atomic E-state index is 0.0347. The molecule has 32 heavy (non-hydrogen) atoms. The molecular weight excluding hydrogens is 426 g/mol. The predicted octanol–water partition coefficient (Wildman–Crippen LogP) is 4.10. The number of piperidine rings is 1. The summed E-state index contributed by atoms with van der Waals surface area (Å²) in [5, 5.41) is 21.4. The van der Waals surface area contributed by atoms with E-state index in [9.17, 15) is 9.90 Å². The maximum absolute atomic E-state index is 13.2. The standard InChI is InChI=1S/C23H27N5O3S/c1-13(2)31-16-7-3-6-15(11-16)28-17-8-10-25-22-18(17)19(27-23(28)30)20(32-22)21(29)26-14-5-4-9-24-12-14/h3,6-8,10-11,13-14,21,24,26,29H,4-5,9,12H2,1-2H3,(H,27,30)/t14-,21?/m1/s1. The number of hydrogen-bond acceptors (Lipinski definition) is 7. The number of aliphatic hydroxyl groups excluding tert-OH is 1. The van der Waals surface area contributed by atoms with Gasteiger partial charge in [0.05, 0.1) is 33.4 Å². The first kappa shape index (κ1) is 21.1. The largest absolute Gasteiger partial charge is 0.491 e. The highest BCUT2D eigenvalue weighted by Gasteiger charge is 2.33. The van der Waals surface area contributed by atoms with Crippen molar-refractivity contribution in [3.63, 3.8) is 0 Å². The first-order valence-electron chi connectivity index (χ1n) is 11.0. The summed E-state index contributed by atoms with van der Waals surface area (Å²) >= 11 is 1.40. The van der Waals surface area contributed by atoms with Crippen molar-refractivity contribution in [1.29, 1.82) is 0 Å². The van der Waals surface area contributed by atoms with Crippen LogP contribution >= 0.6 is 11.3 Å². The average molecular weight is 454 g/mol. The van der Waals surface area contributed by atoms with Gasteiger partial charge in [0.15, 0.2) is 0 Å². The van der Waals surface area contributed by atoms with Crippen LogP contribution in [0.5, 0.6) is 5.75 Å². The SMILES string of the molecule is CC(C)Oc1cccc(N2C(=O)Nc3c(C(O)N[C@@H]4CCCNC4)sc4nccc2c34)c1. The lowest BCUT2D eigenvalue weighted by atomic mass is 10.1. The van der Waals surface area contributed by atoms with E-state index in [-0.39, 0.29) is 18.2 Å². The zero-order valence-corrected chi connectivity index (χ0v) is 18.9. The minimum atomic E-state index is -0.878. The number of nitrogens with one attached hydrogen (secondary N) is 3. The number of pyridine rings is 1. The number of anilines is 3. The van der Waals surface area contributed by atoms with Gasteiger partial charge in [-0.05, 0) is 51.4 Å². The molecular formula is C23H27N5O3S. The lowest BCUT2D eigenvalue weighted by Gasteiger charge is -2.30. The van der Waals surface area contributed by atoms with E-state index < -0.39 is 6.23 Å². The molecule has 2 atom stereocenters. The van der Waals surface area contributed by atoms with Crippen molar-refractivity contribution in [1.82, 2.24) is 15.6 Å². The molecule has 168 valence electrons. The van der Waals surface area contributed by atoms with E-state index in [1.165, 1.54) is 11.3 Å². The number of aromatic nitrogens is 1. The predicted molar refractivity (Wildman–Crippen MR) is 127 cm³/mol. The number of ether oxygens (including phenoxy) is 1. The van der Waals surface area contributed by atoms with Gasteiger partial charge in [0.25, 0.3) is 0 Å². The van der Waals surface area contributed by atoms with Gasteiger partial charge in [-0.1, -0.05) is 6.07 Å². The first-order chi connectivity index (χ1) is 15.5. The molecule has 0 bridgehead atoms. The molecule has 1 fully saturated rings. The van der Waals surface area contributed by atoms with Crippen LogP contribution in [0.1, 0.15) is 37.8 Å². The highest BCUT2D eigenvalue weighted by atomic mass is 32.1. The fourth-order valence-corrected chi connectivity index (χ4v) is 5.38. The molecule has 9 heteroatoms. The molecule has 2 amide bonds. The number of thiophene rings is 1. The van der Waals surface area contributed by atoms with E-state index in [1.54, 1.807) is 11.1 Å². The van der Waals surface area contributed by atoms with Gasteiger partial charge >= 0.3 is 6.03 Å². The molecule has 0 saturated carbocycles. The normalized spacial score (nSPS) is 19.3. The highest BCUT2D eigenvalue weighted by Crippen LogP contribution is 2.47. The fraction of sp³-hybridized carbons (Fsp3) is 0.391. The van der Waals surface area contributed by atoms with Gasteiger partial charge in [0.2, 0.25) is 0 Å². The molecule has 8 nitrogen and oxygen atoms in total. The van der Waals surface area contributed by atoms with E-state index in [0.717, 1.165) is 41.8 Å². The second-order valence-electron chi connectivity index (χ2n) is 8.39. The lowest BCUT2D eigenvalue weighted by molar-refractivity contribution is 0.120. The third-order valence-electron chi connectivity index (χ3n) is 5.66. The molecule has 0 spiro atoms. The molecule has 4 heterocycles. The minimum Gasteiger partial charge on any atom is -0.491 e. The van der Waals surface area contributed by atoms with Gasteiger partial charge in [0.1, 0.15) is 16.8 Å². The second-order valence-corrected chi connectivity index (χ2v) is 9.42. The number of carbonyl (C=O) groups excluding carboxylic acids is 1. The summed E-state index contributed by atoms with van der Waals surface area (Å²) in [7, 11) is 0. The molecule has 2 aliphatic heterocycles. The Balaban J connectivity index is 1.52. The van der Waals surface area contributed by atoms with Crippen LogP contribution in [0.25, 0.3) is 10.2 Å². The third-order valence-corrected chi connectivity index (χ3v) is 6.81. The van der Waals surface area contributed by atoms with Gasteiger partial charge in [-0.25, -0.2) is 9.78 Å². The van der Waals surface area contributed by atoms with Crippen LogP contribution in [0.3, 0.4) is 0 Å². The number of benzene rings is 1. The Hall–Kier alpha value is -2.72. The van der Waals surface area contributed by atoms with Crippen LogP contribution in [0, 0.1) is 0 Å². The van der Waals surface area contributed by atoms with Gasteiger partial charge in [-0.15, -0.1) is 11.3 Å². The number of urea groups is 1.